The van der Waals surface area contributed by atoms with Crippen molar-refractivity contribution in [3.63, 3.8) is 0 Å². The Morgan fingerprint density at radius 2 is 1.67 bits per heavy atom. The molecule has 1 amide bonds. The summed E-state index contributed by atoms with van der Waals surface area (Å²) >= 11 is 0. The maximum atomic E-state index is 12.6. The predicted molar refractivity (Wildman–Crippen MR) is 68.0 cm³/mol. The summed E-state index contributed by atoms with van der Waals surface area (Å²) in [5, 5.41) is 8.77. The molecule has 0 spiro atoms. The highest BCUT2D eigenvalue weighted by Crippen LogP contribution is 2.69. The maximum absolute atomic E-state index is 12.6. The van der Waals surface area contributed by atoms with Crippen LogP contribution in [0.25, 0.3) is 0 Å². The topological polar surface area (TPSA) is 57.6 Å². The van der Waals surface area contributed by atoms with Crippen LogP contribution in [-0.4, -0.2) is 34.5 Å². The molecular weight excluding hydrogens is 230 g/mol. The van der Waals surface area contributed by atoms with E-state index in [4.69, 9.17) is 5.11 Å². The van der Waals surface area contributed by atoms with Gasteiger partial charge in [0, 0.05) is 18.5 Å². The van der Waals surface area contributed by atoms with Crippen LogP contribution in [0.5, 0.6) is 0 Å². The number of carboxylic acids is 1. The second kappa shape index (κ2) is 3.97. The molecule has 2 saturated carbocycles. The molecule has 4 nitrogen and oxygen atoms in total. The Morgan fingerprint density at radius 1 is 1.17 bits per heavy atom. The van der Waals surface area contributed by atoms with E-state index in [1.54, 1.807) is 0 Å². The molecule has 2 aliphatic carbocycles. The monoisotopic (exact) mass is 253 g/mol. The van der Waals surface area contributed by atoms with Gasteiger partial charge in [-0.2, -0.15) is 0 Å². The normalized spacial score (nSPS) is 24.7. The molecule has 0 aromatic carbocycles. The first-order chi connectivity index (χ1) is 8.19. The van der Waals surface area contributed by atoms with E-state index in [1.807, 2.05) is 4.90 Å². The zero-order valence-electron chi connectivity index (χ0n) is 11.7. The minimum atomic E-state index is -0.831. The van der Waals surface area contributed by atoms with Gasteiger partial charge in [0.2, 0.25) is 5.91 Å². The molecule has 0 radical (unpaired) electrons. The summed E-state index contributed by atoms with van der Waals surface area (Å²) < 4.78 is 0. The van der Waals surface area contributed by atoms with E-state index >= 15 is 0 Å². The lowest BCUT2D eigenvalue weighted by atomic mass is 10.0. The minimum absolute atomic E-state index is 0.0282. The molecule has 0 saturated heterocycles. The molecule has 4 heteroatoms. The van der Waals surface area contributed by atoms with Gasteiger partial charge in [0.1, 0.15) is 0 Å². The van der Waals surface area contributed by atoms with Crippen molar-refractivity contribution in [2.75, 3.05) is 6.54 Å². The quantitative estimate of drug-likeness (QED) is 0.816. The molecular formula is C14H23NO3. The molecule has 18 heavy (non-hydrogen) atoms. The van der Waals surface area contributed by atoms with Crippen LogP contribution < -0.4 is 0 Å². The van der Waals surface area contributed by atoms with E-state index in [0.717, 1.165) is 12.8 Å². The van der Waals surface area contributed by atoms with E-state index in [0.29, 0.717) is 12.6 Å². The van der Waals surface area contributed by atoms with Gasteiger partial charge in [-0.25, -0.2) is 0 Å². The van der Waals surface area contributed by atoms with Crippen LogP contribution in [-0.2, 0) is 9.59 Å². The summed E-state index contributed by atoms with van der Waals surface area (Å²) in [6.07, 6.45) is 2.10. The van der Waals surface area contributed by atoms with Crippen LogP contribution in [0.2, 0.25) is 0 Å². The Balaban J connectivity index is 2.04. The first kappa shape index (κ1) is 13.4. The summed E-state index contributed by atoms with van der Waals surface area (Å²) in [6.45, 7) is 8.85. The van der Waals surface area contributed by atoms with Crippen LogP contribution >= 0.6 is 0 Å². The Bertz CT molecular complexity index is 369. The molecule has 2 rings (SSSR count). The summed E-state index contributed by atoms with van der Waals surface area (Å²) in [5.74, 6) is -0.629. The van der Waals surface area contributed by atoms with E-state index in [2.05, 4.69) is 27.7 Å². The van der Waals surface area contributed by atoms with Gasteiger partial charge in [-0.3, -0.25) is 9.59 Å². The summed E-state index contributed by atoms with van der Waals surface area (Å²) in [4.78, 5) is 25.1. The van der Waals surface area contributed by atoms with Gasteiger partial charge in [0.15, 0.2) is 0 Å². The van der Waals surface area contributed by atoms with Gasteiger partial charge >= 0.3 is 5.97 Å². The molecule has 0 aromatic heterocycles. The highest BCUT2D eigenvalue weighted by atomic mass is 16.4. The molecule has 0 aromatic rings. The fourth-order valence-electron chi connectivity index (χ4n) is 3.05. The first-order valence-electron chi connectivity index (χ1n) is 6.72. The highest BCUT2D eigenvalue weighted by molar-refractivity contribution is 5.85. The van der Waals surface area contributed by atoms with Crippen molar-refractivity contribution < 1.29 is 14.7 Å². The van der Waals surface area contributed by atoms with Gasteiger partial charge in [-0.05, 0) is 23.7 Å². The Morgan fingerprint density at radius 3 is 2.00 bits per heavy atom. The molecule has 102 valence electrons. The number of nitrogens with zero attached hydrogens (tertiary/aromatic N) is 1. The zero-order chi connectivity index (χ0) is 13.7. The smallest absolute Gasteiger partial charge is 0.305 e. The molecule has 0 heterocycles. The summed E-state index contributed by atoms with van der Waals surface area (Å²) in [7, 11) is 0. The lowest BCUT2D eigenvalue weighted by Gasteiger charge is -2.22. The zero-order valence-corrected chi connectivity index (χ0v) is 11.7. The first-order valence-corrected chi connectivity index (χ1v) is 6.72. The van der Waals surface area contributed by atoms with E-state index < -0.39 is 5.97 Å². The minimum Gasteiger partial charge on any atom is -0.481 e. The van der Waals surface area contributed by atoms with Gasteiger partial charge < -0.3 is 10.0 Å². The standard InChI is InChI=1S/C14H23NO3/c1-13(2)11(14(13,3)4)12(18)15(9-5-6-9)8-7-10(16)17/h9,11H,5-8H2,1-4H3,(H,16,17). The van der Waals surface area contributed by atoms with Crippen molar-refractivity contribution in [2.24, 2.45) is 16.7 Å². The van der Waals surface area contributed by atoms with Crippen molar-refractivity contribution in [2.45, 2.75) is 53.0 Å². The molecule has 0 bridgehead atoms. The third-order valence-corrected chi connectivity index (χ3v) is 5.10. The average molecular weight is 253 g/mol. The van der Waals surface area contributed by atoms with Crippen molar-refractivity contribution in [3.8, 4) is 0 Å². The lowest BCUT2D eigenvalue weighted by Crippen LogP contribution is -2.37. The van der Waals surface area contributed by atoms with Gasteiger partial charge in [-0.15, -0.1) is 0 Å². The molecule has 1 N–H and O–H groups in total. The molecule has 0 unspecified atom stereocenters. The Labute approximate surface area is 108 Å². The van der Waals surface area contributed by atoms with E-state index in [1.165, 1.54) is 0 Å². The Kier molecular flexibility index (Phi) is 2.95. The number of hydrogen-bond donors (Lipinski definition) is 1. The van der Waals surface area contributed by atoms with Crippen LogP contribution in [0.15, 0.2) is 0 Å². The second-order valence-electron chi connectivity index (χ2n) is 6.78. The molecule has 2 aliphatic rings. The van der Waals surface area contributed by atoms with Crippen molar-refractivity contribution in [1.82, 2.24) is 4.90 Å². The van der Waals surface area contributed by atoms with Crippen LogP contribution in [0.1, 0.15) is 47.0 Å². The van der Waals surface area contributed by atoms with Crippen molar-refractivity contribution >= 4 is 11.9 Å². The number of carbonyl (C=O) groups is 2. The number of carbonyl (C=O) groups excluding carboxylic acids is 1. The van der Waals surface area contributed by atoms with Crippen molar-refractivity contribution in [1.29, 1.82) is 0 Å². The molecule has 2 fully saturated rings. The Hall–Kier alpha value is -1.06. The number of hydrogen-bond acceptors (Lipinski definition) is 2. The SMILES string of the molecule is CC1(C)C(C(=O)N(CCC(=O)O)C2CC2)C1(C)C. The van der Waals surface area contributed by atoms with Crippen LogP contribution in [0, 0.1) is 16.7 Å². The summed E-state index contributed by atoms with van der Waals surface area (Å²) in [6, 6.07) is 0.295. The number of carboxylic acid groups (broad SMARTS) is 1. The lowest BCUT2D eigenvalue weighted by molar-refractivity contribution is -0.139. The third-order valence-electron chi connectivity index (χ3n) is 5.10. The maximum Gasteiger partial charge on any atom is 0.305 e. The largest absolute Gasteiger partial charge is 0.481 e. The molecule has 0 aliphatic heterocycles. The number of aliphatic carboxylic acids is 1. The number of rotatable bonds is 5. The predicted octanol–water partition coefficient (Wildman–Crippen LogP) is 2.13. The van der Waals surface area contributed by atoms with E-state index in [9.17, 15) is 9.59 Å². The highest BCUT2D eigenvalue weighted by Gasteiger charge is 2.69. The average Bonchev–Trinajstić information content (AvgIpc) is 3.06. The van der Waals surface area contributed by atoms with Gasteiger partial charge in [0.25, 0.3) is 0 Å². The third kappa shape index (κ3) is 2.02. The van der Waals surface area contributed by atoms with E-state index in [-0.39, 0.29) is 29.1 Å². The van der Waals surface area contributed by atoms with Crippen LogP contribution in [0.4, 0.5) is 0 Å². The fraction of sp³-hybridized carbons (Fsp3) is 0.857. The van der Waals surface area contributed by atoms with Gasteiger partial charge in [-0.1, -0.05) is 27.7 Å². The second-order valence-corrected chi connectivity index (χ2v) is 6.78. The van der Waals surface area contributed by atoms with Crippen molar-refractivity contribution in [3.05, 3.63) is 0 Å². The molecule has 0 atom stereocenters. The van der Waals surface area contributed by atoms with Crippen LogP contribution in [0.3, 0.4) is 0 Å². The van der Waals surface area contributed by atoms with Gasteiger partial charge in [0.05, 0.1) is 6.42 Å². The fourth-order valence-corrected chi connectivity index (χ4v) is 3.05. The summed E-state index contributed by atoms with van der Waals surface area (Å²) in [5.41, 5.74) is 0.0564. The number of amides is 1.